The summed E-state index contributed by atoms with van der Waals surface area (Å²) in [5, 5.41) is 6.88. The van der Waals surface area contributed by atoms with Gasteiger partial charge in [0.25, 0.3) is 0 Å². The molecule has 2 fully saturated rings. The summed E-state index contributed by atoms with van der Waals surface area (Å²) >= 11 is 0. The Labute approximate surface area is 204 Å². The van der Waals surface area contributed by atoms with Crippen LogP contribution in [0, 0.1) is 6.92 Å². The molecule has 1 aliphatic carbocycles. The molecule has 0 unspecified atom stereocenters. The Bertz CT molecular complexity index is 699. The zero-order chi connectivity index (χ0) is 21.2. The Balaban J connectivity index is 0.00000341. The molecule has 1 aliphatic heterocycles. The number of guanidine groups is 1. The van der Waals surface area contributed by atoms with Crippen molar-refractivity contribution in [1.29, 1.82) is 0 Å². The van der Waals surface area contributed by atoms with Crippen LogP contribution in [-0.4, -0.2) is 55.7 Å². The summed E-state index contributed by atoms with van der Waals surface area (Å²) in [6, 6.07) is 9.23. The second-order valence-electron chi connectivity index (χ2n) is 8.68. The normalized spacial score (nSPS) is 18.5. The predicted octanol–water partition coefficient (Wildman–Crippen LogP) is 4.01. The fourth-order valence-electron chi connectivity index (χ4n) is 4.38. The van der Waals surface area contributed by atoms with Gasteiger partial charge >= 0.3 is 5.97 Å². The van der Waals surface area contributed by atoms with Crippen molar-refractivity contribution >= 4 is 35.9 Å². The number of benzene rings is 1. The van der Waals surface area contributed by atoms with Crippen molar-refractivity contribution in [2.24, 2.45) is 4.99 Å². The Morgan fingerprint density at radius 3 is 2.61 bits per heavy atom. The van der Waals surface area contributed by atoms with Crippen LogP contribution in [0.4, 0.5) is 0 Å². The lowest BCUT2D eigenvalue weighted by Gasteiger charge is -2.33. The van der Waals surface area contributed by atoms with E-state index in [4.69, 9.17) is 4.74 Å². The lowest BCUT2D eigenvalue weighted by atomic mass is 10.0. The molecule has 2 aliphatic rings. The lowest BCUT2D eigenvalue weighted by Crippen LogP contribution is -2.48. The zero-order valence-electron chi connectivity index (χ0n) is 19.1. The van der Waals surface area contributed by atoms with Crippen molar-refractivity contribution in [1.82, 2.24) is 15.5 Å². The predicted molar refractivity (Wildman–Crippen MR) is 137 cm³/mol. The third kappa shape index (κ3) is 9.35. The second-order valence-corrected chi connectivity index (χ2v) is 8.68. The molecule has 1 aromatic rings. The first kappa shape index (κ1) is 25.9. The lowest BCUT2D eigenvalue weighted by molar-refractivity contribution is -0.148. The van der Waals surface area contributed by atoms with Crippen LogP contribution >= 0.6 is 24.0 Å². The number of aryl methyl sites for hydroxylation is 1. The van der Waals surface area contributed by atoms with E-state index in [1.54, 1.807) is 7.05 Å². The van der Waals surface area contributed by atoms with E-state index >= 15 is 0 Å². The standard InChI is InChI=1S/C24H38N4O2.HI/c1-19-7-5-8-20(17-19)18-28-15-12-21(13-16-28)27-24(25-2)26-14-6-11-23(29)30-22-9-3-4-10-22;/h5,7-8,17,21-22H,3-4,6,9-16,18H2,1-2H3,(H2,25,26,27);1H. The van der Waals surface area contributed by atoms with Gasteiger partial charge < -0.3 is 15.4 Å². The quantitative estimate of drug-likeness (QED) is 0.171. The first-order valence-electron chi connectivity index (χ1n) is 11.6. The maximum Gasteiger partial charge on any atom is 0.306 e. The first-order valence-corrected chi connectivity index (χ1v) is 11.6. The monoisotopic (exact) mass is 542 g/mol. The van der Waals surface area contributed by atoms with Crippen LogP contribution in [0.2, 0.25) is 0 Å². The van der Waals surface area contributed by atoms with Crippen LogP contribution < -0.4 is 10.6 Å². The highest BCUT2D eigenvalue weighted by Gasteiger charge is 2.21. The third-order valence-corrected chi connectivity index (χ3v) is 6.09. The second kappa shape index (κ2) is 13.9. The van der Waals surface area contributed by atoms with Crippen molar-refractivity contribution in [3.8, 4) is 0 Å². The molecule has 1 saturated carbocycles. The summed E-state index contributed by atoms with van der Waals surface area (Å²) in [5.41, 5.74) is 2.72. The number of carbonyl (C=O) groups is 1. The summed E-state index contributed by atoms with van der Waals surface area (Å²) in [7, 11) is 1.80. The van der Waals surface area contributed by atoms with Crippen LogP contribution in [0.15, 0.2) is 29.3 Å². The maximum atomic E-state index is 11.9. The molecular formula is C24H39IN4O2. The van der Waals surface area contributed by atoms with Gasteiger partial charge in [0.15, 0.2) is 5.96 Å². The van der Waals surface area contributed by atoms with Gasteiger partial charge in [0.05, 0.1) is 0 Å². The Morgan fingerprint density at radius 1 is 1.19 bits per heavy atom. The van der Waals surface area contributed by atoms with Crippen molar-refractivity contribution in [2.45, 2.75) is 77.0 Å². The van der Waals surface area contributed by atoms with E-state index < -0.39 is 0 Å². The van der Waals surface area contributed by atoms with Crippen LogP contribution in [-0.2, 0) is 16.1 Å². The Kier molecular flexibility index (Phi) is 11.6. The number of rotatable bonds is 8. The van der Waals surface area contributed by atoms with E-state index in [9.17, 15) is 4.79 Å². The minimum atomic E-state index is -0.0624. The largest absolute Gasteiger partial charge is 0.462 e. The molecule has 0 aromatic heterocycles. The Morgan fingerprint density at radius 2 is 1.94 bits per heavy atom. The highest BCUT2D eigenvalue weighted by Crippen LogP contribution is 2.21. The number of aliphatic imine (C=N–C) groups is 1. The molecule has 1 heterocycles. The molecule has 0 amide bonds. The van der Waals surface area contributed by atoms with Gasteiger partial charge in [-0.3, -0.25) is 14.7 Å². The molecular weight excluding hydrogens is 503 g/mol. The number of esters is 1. The number of hydrogen-bond acceptors (Lipinski definition) is 4. The fraction of sp³-hybridized carbons (Fsp3) is 0.667. The molecule has 31 heavy (non-hydrogen) atoms. The van der Waals surface area contributed by atoms with E-state index in [-0.39, 0.29) is 36.0 Å². The van der Waals surface area contributed by atoms with Gasteiger partial charge in [0, 0.05) is 45.7 Å². The maximum absolute atomic E-state index is 11.9. The van der Waals surface area contributed by atoms with E-state index in [1.807, 2.05) is 0 Å². The van der Waals surface area contributed by atoms with Gasteiger partial charge in [-0.15, -0.1) is 24.0 Å². The summed E-state index contributed by atoms with van der Waals surface area (Å²) in [5.74, 6) is 0.768. The van der Waals surface area contributed by atoms with Crippen LogP contribution in [0.3, 0.4) is 0 Å². The average molecular weight is 543 g/mol. The van der Waals surface area contributed by atoms with Crippen molar-refractivity contribution < 1.29 is 9.53 Å². The van der Waals surface area contributed by atoms with Gasteiger partial charge in [-0.25, -0.2) is 0 Å². The third-order valence-electron chi connectivity index (χ3n) is 6.09. The van der Waals surface area contributed by atoms with E-state index in [1.165, 1.54) is 24.0 Å². The summed E-state index contributed by atoms with van der Waals surface area (Å²) in [6.07, 6.45) is 8.06. The number of likely N-dealkylation sites (tertiary alicyclic amines) is 1. The molecule has 0 bridgehead atoms. The highest BCUT2D eigenvalue weighted by molar-refractivity contribution is 14.0. The van der Waals surface area contributed by atoms with Crippen LogP contribution in [0.1, 0.15) is 62.5 Å². The molecule has 174 valence electrons. The van der Waals surface area contributed by atoms with Gasteiger partial charge in [-0.1, -0.05) is 29.8 Å². The van der Waals surface area contributed by atoms with Gasteiger partial charge in [-0.2, -0.15) is 0 Å². The SMILES string of the molecule is CN=C(NCCCC(=O)OC1CCCC1)NC1CCN(Cc2cccc(C)c2)CC1.I. The summed E-state index contributed by atoms with van der Waals surface area (Å²) < 4.78 is 5.51. The molecule has 1 saturated heterocycles. The number of hydrogen-bond donors (Lipinski definition) is 2. The topological polar surface area (TPSA) is 66.0 Å². The van der Waals surface area contributed by atoms with E-state index in [2.05, 4.69) is 51.7 Å². The first-order chi connectivity index (χ1) is 14.6. The van der Waals surface area contributed by atoms with Crippen LogP contribution in [0.25, 0.3) is 0 Å². The van der Waals surface area contributed by atoms with Crippen molar-refractivity contribution in [2.75, 3.05) is 26.7 Å². The number of halogens is 1. The van der Waals surface area contributed by atoms with Crippen LogP contribution in [0.5, 0.6) is 0 Å². The average Bonchev–Trinajstić information content (AvgIpc) is 3.24. The summed E-state index contributed by atoms with van der Waals surface area (Å²) in [4.78, 5) is 18.8. The molecule has 2 N–H and O–H groups in total. The van der Waals surface area contributed by atoms with E-state index in [0.717, 1.165) is 64.2 Å². The molecule has 6 nitrogen and oxygen atoms in total. The highest BCUT2D eigenvalue weighted by atomic mass is 127. The molecule has 1 aromatic carbocycles. The number of piperidine rings is 1. The number of ether oxygens (including phenoxy) is 1. The number of nitrogens with one attached hydrogen (secondary N) is 2. The van der Waals surface area contributed by atoms with Crippen molar-refractivity contribution in [3.05, 3.63) is 35.4 Å². The molecule has 0 atom stereocenters. The van der Waals surface area contributed by atoms with E-state index in [0.29, 0.717) is 12.5 Å². The molecule has 0 radical (unpaired) electrons. The smallest absolute Gasteiger partial charge is 0.306 e. The molecule has 3 rings (SSSR count). The Hall–Kier alpha value is -1.35. The molecule has 0 spiro atoms. The van der Waals surface area contributed by atoms with Gasteiger partial charge in [-0.05, 0) is 57.4 Å². The number of carbonyl (C=O) groups excluding carboxylic acids is 1. The molecule has 7 heteroatoms. The minimum Gasteiger partial charge on any atom is -0.462 e. The number of nitrogens with zero attached hydrogens (tertiary/aromatic N) is 2. The van der Waals surface area contributed by atoms with Crippen molar-refractivity contribution in [3.63, 3.8) is 0 Å². The zero-order valence-corrected chi connectivity index (χ0v) is 21.4. The summed E-state index contributed by atoms with van der Waals surface area (Å²) in [6.45, 7) is 6.09. The minimum absolute atomic E-state index is 0. The van der Waals surface area contributed by atoms with Gasteiger partial charge in [0.1, 0.15) is 6.10 Å². The fourth-order valence-corrected chi connectivity index (χ4v) is 4.38. The van der Waals surface area contributed by atoms with Gasteiger partial charge in [0.2, 0.25) is 0 Å².